The van der Waals surface area contributed by atoms with Gasteiger partial charge >= 0.3 is 0 Å². The van der Waals surface area contributed by atoms with Crippen molar-refractivity contribution in [1.29, 1.82) is 0 Å². The van der Waals surface area contributed by atoms with Crippen LogP contribution in [0.5, 0.6) is 0 Å². The zero-order valence-corrected chi connectivity index (χ0v) is 12.4. The lowest BCUT2D eigenvalue weighted by atomic mass is 10.1. The summed E-state index contributed by atoms with van der Waals surface area (Å²) in [5.41, 5.74) is 1.67. The fourth-order valence-corrected chi connectivity index (χ4v) is 2.55. The smallest absolute Gasteiger partial charge is 0.124 e. The fraction of sp³-hybridized carbons (Fsp3) is 0.0667. The highest BCUT2D eigenvalue weighted by Crippen LogP contribution is 2.29. The Hall–Kier alpha value is -2.05. The van der Waals surface area contributed by atoms with Crippen LogP contribution in [0, 0.1) is 5.82 Å². The molecule has 0 bridgehead atoms. The van der Waals surface area contributed by atoms with Crippen molar-refractivity contribution in [3.8, 4) is 5.69 Å². The maximum absolute atomic E-state index is 13.4. The number of para-hydroxylation sites is 1. The molecular weight excluding hydrogens is 337 g/mol. The van der Waals surface area contributed by atoms with E-state index in [4.69, 9.17) is 0 Å². The van der Waals surface area contributed by atoms with Gasteiger partial charge in [-0.1, -0.05) is 39.3 Å². The first kappa shape index (κ1) is 13.9. The van der Waals surface area contributed by atoms with Crippen LogP contribution in [0.2, 0.25) is 0 Å². The second-order valence-electron chi connectivity index (χ2n) is 4.47. The van der Waals surface area contributed by atoms with Gasteiger partial charge in [-0.2, -0.15) is 0 Å². The minimum absolute atomic E-state index is 0.411. The molecule has 0 saturated carbocycles. The first-order valence-corrected chi connectivity index (χ1v) is 7.05. The first-order valence-electron chi connectivity index (χ1n) is 6.26. The van der Waals surface area contributed by atoms with E-state index in [1.54, 1.807) is 6.07 Å². The summed E-state index contributed by atoms with van der Waals surface area (Å²) < 4.78 is 15.6. The summed E-state index contributed by atoms with van der Waals surface area (Å²) in [5.74, 6) is -0.411. The van der Waals surface area contributed by atoms with Crippen LogP contribution in [0.4, 0.5) is 4.39 Å². The van der Waals surface area contributed by atoms with Crippen LogP contribution >= 0.6 is 15.9 Å². The Labute approximate surface area is 129 Å². The van der Waals surface area contributed by atoms with Crippen LogP contribution in [0.25, 0.3) is 5.69 Å². The van der Waals surface area contributed by atoms with Gasteiger partial charge in [-0.25, -0.2) is 9.07 Å². The summed E-state index contributed by atoms with van der Waals surface area (Å²) >= 11 is 3.32. The van der Waals surface area contributed by atoms with Gasteiger partial charge in [0.1, 0.15) is 11.9 Å². The topological polar surface area (TPSA) is 50.9 Å². The van der Waals surface area contributed by atoms with Gasteiger partial charge in [0.15, 0.2) is 0 Å². The number of hydrogen-bond donors (Lipinski definition) is 1. The van der Waals surface area contributed by atoms with Gasteiger partial charge in [-0.05, 0) is 30.3 Å². The second kappa shape index (κ2) is 5.75. The Morgan fingerprint density at radius 1 is 1.14 bits per heavy atom. The lowest BCUT2D eigenvalue weighted by Gasteiger charge is -2.14. The second-order valence-corrected chi connectivity index (χ2v) is 5.33. The Bertz CT molecular complexity index is 761. The summed E-state index contributed by atoms with van der Waals surface area (Å²) in [7, 11) is 0. The van der Waals surface area contributed by atoms with Gasteiger partial charge in [0, 0.05) is 10.0 Å². The lowest BCUT2D eigenvalue weighted by Crippen LogP contribution is -2.09. The zero-order chi connectivity index (χ0) is 14.8. The van der Waals surface area contributed by atoms with Crippen molar-refractivity contribution in [3.63, 3.8) is 0 Å². The molecule has 0 fully saturated rings. The van der Waals surface area contributed by atoms with E-state index in [0.29, 0.717) is 15.7 Å². The molecule has 0 saturated heterocycles. The molecule has 1 N–H and O–H groups in total. The number of halogens is 2. The molecular formula is C15H11BrFN3O. The predicted octanol–water partition coefficient (Wildman–Crippen LogP) is 3.25. The molecule has 1 unspecified atom stereocenters. The Kier molecular flexibility index (Phi) is 3.81. The van der Waals surface area contributed by atoms with E-state index in [0.717, 1.165) is 5.69 Å². The third-order valence-electron chi connectivity index (χ3n) is 3.11. The van der Waals surface area contributed by atoms with Crippen molar-refractivity contribution in [2.24, 2.45) is 0 Å². The van der Waals surface area contributed by atoms with E-state index in [1.165, 1.54) is 23.0 Å². The van der Waals surface area contributed by atoms with E-state index in [9.17, 15) is 9.50 Å². The summed E-state index contributed by atoms with van der Waals surface area (Å²) in [6.45, 7) is 0. The predicted molar refractivity (Wildman–Crippen MR) is 79.5 cm³/mol. The van der Waals surface area contributed by atoms with E-state index in [-0.39, 0.29) is 0 Å². The number of aliphatic hydroxyl groups excluding tert-OH is 1. The van der Waals surface area contributed by atoms with E-state index >= 15 is 0 Å². The van der Waals surface area contributed by atoms with Crippen molar-refractivity contribution < 1.29 is 9.50 Å². The molecule has 0 amide bonds. The third kappa shape index (κ3) is 2.72. The molecule has 2 aromatic carbocycles. The van der Waals surface area contributed by atoms with E-state index in [2.05, 4.69) is 26.2 Å². The Morgan fingerprint density at radius 2 is 1.90 bits per heavy atom. The molecule has 106 valence electrons. The van der Waals surface area contributed by atoms with Crippen LogP contribution < -0.4 is 0 Å². The highest BCUT2D eigenvalue weighted by atomic mass is 79.9. The molecule has 3 rings (SSSR count). The van der Waals surface area contributed by atoms with Gasteiger partial charge in [0.05, 0.1) is 17.6 Å². The van der Waals surface area contributed by atoms with Crippen molar-refractivity contribution >= 4 is 15.9 Å². The number of hydrogen-bond acceptors (Lipinski definition) is 3. The monoisotopic (exact) mass is 347 g/mol. The van der Waals surface area contributed by atoms with Crippen LogP contribution in [-0.4, -0.2) is 20.1 Å². The number of rotatable bonds is 3. The summed E-state index contributed by atoms with van der Waals surface area (Å²) in [4.78, 5) is 0. The van der Waals surface area contributed by atoms with Crippen molar-refractivity contribution in [2.45, 2.75) is 6.10 Å². The third-order valence-corrected chi connectivity index (χ3v) is 3.83. The van der Waals surface area contributed by atoms with Crippen LogP contribution in [0.3, 0.4) is 0 Å². The van der Waals surface area contributed by atoms with Crippen LogP contribution in [0.1, 0.15) is 17.4 Å². The highest BCUT2D eigenvalue weighted by molar-refractivity contribution is 9.10. The molecule has 0 aliphatic carbocycles. The molecule has 21 heavy (non-hydrogen) atoms. The van der Waals surface area contributed by atoms with E-state index < -0.39 is 11.9 Å². The average molecular weight is 348 g/mol. The fourth-order valence-electron chi connectivity index (χ4n) is 2.08. The van der Waals surface area contributed by atoms with Gasteiger partial charge in [0.2, 0.25) is 0 Å². The highest BCUT2D eigenvalue weighted by Gasteiger charge is 2.20. The molecule has 0 aliphatic rings. The summed E-state index contributed by atoms with van der Waals surface area (Å²) in [6, 6.07) is 13.5. The molecule has 0 spiro atoms. The molecule has 0 aliphatic heterocycles. The van der Waals surface area contributed by atoms with E-state index in [1.807, 2.05) is 30.3 Å². The van der Waals surface area contributed by atoms with Crippen LogP contribution in [0.15, 0.2) is 59.2 Å². The molecule has 0 radical (unpaired) electrons. The minimum atomic E-state index is -1.04. The Morgan fingerprint density at radius 3 is 2.67 bits per heavy atom. The van der Waals surface area contributed by atoms with Gasteiger partial charge in [0.25, 0.3) is 0 Å². The van der Waals surface area contributed by atoms with Crippen molar-refractivity contribution in [1.82, 2.24) is 15.0 Å². The summed E-state index contributed by atoms with van der Waals surface area (Å²) in [5, 5.41) is 18.4. The molecule has 3 aromatic rings. The van der Waals surface area contributed by atoms with Gasteiger partial charge in [-0.3, -0.25) is 0 Å². The molecule has 4 nitrogen and oxygen atoms in total. The van der Waals surface area contributed by atoms with Gasteiger partial charge < -0.3 is 5.11 Å². The maximum Gasteiger partial charge on any atom is 0.124 e. The van der Waals surface area contributed by atoms with Crippen molar-refractivity contribution in [3.05, 3.63) is 76.3 Å². The summed E-state index contributed by atoms with van der Waals surface area (Å²) in [6.07, 6.45) is 0.430. The van der Waals surface area contributed by atoms with Gasteiger partial charge in [-0.15, -0.1) is 5.10 Å². The minimum Gasteiger partial charge on any atom is -0.382 e. The molecule has 1 heterocycles. The Balaban J connectivity index is 2.06. The van der Waals surface area contributed by atoms with Crippen LogP contribution in [-0.2, 0) is 0 Å². The number of aliphatic hydroxyl groups is 1. The largest absolute Gasteiger partial charge is 0.382 e. The average Bonchev–Trinajstić information content (AvgIpc) is 2.99. The quantitative estimate of drug-likeness (QED) is 0.791. The maximum atomic E-state index is 13.4. The molecule has 1 aromatic heterocycles. The molecule has 1 atom stereocenters. The van der Waals surface area contributed by atoms with Crippen molar-refractivity contribution in [2.75, 3.05) is 0 Å². The SMILES string of the molecule is OC(c1cc(F)ccc1Br)c1cnnn1-c1ccccc1. The zero-order valence-electron chi connectivity index (χ0n) is 10.8. The number of benzene rings is 2. The normalized spacial score (nSPS) is 12.3. The first-order chi connectivity index (χ1) is 10.2. The number of nitrogens with zero attached hydrogens (tertiary/aromatic N) is 3. The number of aromatic nitrogens is 3. The molecule has 6 heteroatoms. The lowest BCUT2D eigenvalue weighted by molar-refractivity contribution is 0.210. The standard InChI is InChI=1S/C15H11BrFN3O/c16-13-7-6-10(17)8-12(13)15(21)14-9-18-19-20(14)11-4-2-1-3-5-11/h1-9,15,21H.